The molecule has 2 aromatic rings. The highest BCUT2D eigenvalue weighted by atomic mass is 19.3. The number of ether oxygens (including phenoxy) is 1. The van der Waals surface area contributed by atoms with Crippen LogP contribution >= 0.6 is 0 Å². The molecule has 124 valence electrons. The second kappa shape index (κ2) is 8.83. The molecule has 1 nitrogen and oxygen atoms in total. The summed E-state index contributed by atoms with van der Waals surface area (Å²) in [5.74, 6) is 5.58. The molecule has 0 atom stereocenters. The van der Waals surface area contributed by atoms with E-state index in [1.807, 2.05) is 6.07 Å². The van der Waals surface area contributed by atoms with Crippen LogP contribution in [0.3, 0.4) is 0 Å². The van der Waals surface area contributed by atoms with E-state index in [1.54, 1.807) is 18.2 Å². The van der Waals surface area contributed by atoms with Crippen LogP contribution in [0.5, 0.6) is 5.75 Å². The van der Waals surface area contributed by atoms with Gasteiger partial charge < -0.3 is 4.74 Å². The Morgan fingerprint density at radius 2 is 1.83 bits per heavy atom. The summed E-state index contributed by atoms with van der Waals surface area (Å²) in [4.78, 5) is 0. The van der Waals surface area contributed by atoms with Crippen LogP contribution in [0.2, 0.25) is 0 Å². The molecular formula is C20H17F3O. The van der Waals surface area contributed by atoms with Gasteiger partial charge in [-0.1, -0.05) is 31.3 Å². The lowest BCUT2D eigenvalue weighted by molar-refractivity contribution is 0.365. The van der Waals surface area contributed by atoms with Gasteiger partial charge in [0.1, 0.15) is 11.6 Å². The van der Waals surface area contributed by atoms with Crippen molar-refractivity contribution in [3.05, 3.63) is 77.3 Å². The number of unbranched alkanes of at least 4 members (excludes halogenated alkanes) is 1. The Labute approximate surface area is 139 Å². The second-order valence-corrected chi connectivity index (χ2v) is 5.22. The average molecular weight is 330 g/mol. The molecule has 0 aromatic heterocycles. The molecule has 0 saturated carbocycles. The summed E-state index contributed by atoms with van der Waals surface area (Å²) in [6.07, 6.45) is 1.42. The maximum absolute atomic E-state index is 14.0. The summed E-state index contributed by atoms with van der Waals surface area (Å²) >= 11 is 0. The zero-order valence-corrected chi connectivity index (χ0v) is 13.3. The van der Waals surface area contributed by atoms with Crippen LogP contribution in [0.25, 0.3) is 0 Å². The fraction of sp³-hybridized carbons (Fsp3) is 0.200. The predicted molar refractivity (Wildman–Crippen MR) is 88.4 cm³/mol. The van der Waals surface area contributed by atoms with E-state index in [4.69, 9.17) is 4.74 Å². The quantitative estimate of drug-likeness (QED) is 0.506. The first kappa shape index (κ1) is 17.7. The van der Waals surface area contributed by atoms with Crippen molar-refractivity contribution in [3.8, 4) is 17.6 Å². The second-order valence-electron chi connectivity index (χ2n) is 5.22. The molecule has 0 radical (unpaired) electrons. The summed E-state index contributed by atoms with van der Waals surface area (Å²) in [6.45, 7) is 2.09. The largest absolute Gasteiger partial charge is 0.459 e. The lowest BCUT2D eigenvalue weighted by Gasteiger charge is -2.01. The van der Waals surface area contributed by atoms with Gasteiger partial charge in [0.25, 0.3) is 0 Å². The third-order valence-electron chi connectivity index (χ3n) is 3.33. The van der Waals surface area contributed by atoms with Crippen molar-refractivity contribution >= 4 is 0 Å². The summed E-state index contributed by atoms with van der Waals surface area (Å²) in [6, 6.07) is 11.4. The molecule has 0 aliphatic rings. The van der Waals surface area contributed by atoms with Gasteiger partial charge in [-0.3, -0.25) is 0 Å². The van der Waals surface area contributed by atoms with Crippen LogP contribution in [0.15, 0.2) is 54.8 Å². The van der Waals surface area contributed by atoms with Crippen molar-refractivity contribution in [3.63, 3.8) is 0 Å². The van der Waals surface area contributed by atoms with Gasteiger partial charge in [-0.25, -0.2) is 4.39 Å². The molecule has 0 fully saturated rings. The van der Waals surface area contributed by atoms with Crippen LogP contribution in [-0.4, -0.2) is 0 Å². The van der Waals surface area contributed by atoms with Gasteiger partial charge in [-0.2, -0.15) is 8.78 Å². The van der Waals surface area contributed by atoms with E-state index in [0.29, 0.717) is 17.4 Å². The summed E-state index contributed by atoms with van der Waals surface area (Å²) in [5.41, 5.74) is 1.94. The Morgan fingerprint density at radius 3 is 2.46 bits per heavy atom. The smallest absolute Gasteiger partial charge is 0.305 e. The molecule has 2 aromatic carbocycles. The highest BCUT2D eigenvalue weighted by molar-refractivity contribution is 5.45. The zero-order valence-electron chi connectivity index (χ0n) is 13.3. The Hall–Kier alpha value is -2.67. The van der Waals surface area contributed by atoms with E-state index in [9.17, 15) is 13.2 Å². The molecule has 0 unspecified atom stereocenters. The van der Waals surface area contributed by atoms with E-state index in [0.717, 1.165) is 24.8 Å². The highest BCUT2D eigenvalue weighted by Gasteiger charge is 2.01. The van der Waals surface area contributed by atoms with Gasteiger partial charge in [0, 0.05) is 5.56 Å². The average Bonchev–Trinajstić information content (AvgIpc) is 2.58. The molecular weight excluding hydrogens is 313 g/mol. The van der Waals surface area contributed by atoms with E-state index in [1.165, 1.54) is 18.2 Å². The lowest BCUT2D eigenvalue weighted by atomic mass is 10.1. The fourth-order valence-electron chi connectivity index (χ4n) is 2.07. The topological polar surface area (TPSA) is 9.23 Å². The van der Waals surface area contributed by atoms with Gasteiger partial charge in [-0.05, 0) is 54.8 Å². The minimum Gasteiger partial charge on any atom is -0.459 e. The molecule has 0 bridgehead atoms. The van der Waals surface area contributed by atoms with Gasteiger partial charge in [0.05, 0.1) is 5.56 Å². The molecule has 0 amide bonds. The number of aryl methyl sites for hydroxylation is 1. The zero-order chi connectivity index (χ0) is 17.4. The minimum absolute atomic E-state index is 0.278. The van der Waals surface area contributed by atoms with Gasteiger partial charge in [-0.15, -0.1) is 0 Å². The number of benzene rings is 2. The van der Waals surface area contributed by atoms with Crippen molar-refractivity contribution in [1.82, 2.24) is 0 Å². The first-order valence-electron chi connectivity index (χ1n) is 7.67. The summed E-state index contributed by atoms with van der Waals surface area (Å²) in [5, 5.41) is 0. The molecule has 0 aliphatic carbocycles. The first-order chi connectivity index (χ1) is 11.6. The lowest BCUT2D eigenvalue weighted by Crippen LogP contribution is -1.90. The van der Waals surface area contributed by atoms with Crippen molar-refractivity contribution in [2.45, 2.75) is 26.2 Å². The first-order valence-corrected chi connectivity index (χ1v) is 7.67. The van der Waals surface area contributed by atoms with Crippen LogP contribution in [-0.2, 0) is 6.42 Å². The third-order valence-corrected chi connectivity index (χ3v) is 3.33. The van der Waals surface area contributed by atoms with Crippen molar-refractivity contribution in [2.75, 3.05) is 0 Å². The Morgan fingerprint density at radius 1 is 1.08 bits per heavy atom. The summed E-state index contributed by atoms with van der Waals surface area (Å²) < 4.78 is 42.6. The van der Waals surface area contributed by atoms with E-state index in [2.05, 4.69) is 18.8 Å². The number of hydrogen-bond donors (Lipinski definition) is 0. The number of rotatable bonds is 5. The van der Waals surface area contributed by atoms with Crippen LogP contribution < -0.4 is 4.74 Å². The van der Waals surface area contributed by atoms with Crippen molar-refractivity contribution in [2.24, 2.45) is 0 Å². The van der Waals surface area contributed by atoms with Crippen LogP contribution in [0.4, 0.5) is 13.2 Å². The van der Waals surface area contributed by atoms with Gasteiger partial charge >= 0.3 is 6.08 Å². The number of hydrogen-bond acceptors (Lipinski definition) is 1. The van der Waals surface area contributed by atoms with Crippen molar-refractivity contribution in [1.29, 1.82) is 0 Å². The van der Waals surface area contributed by atoms with E-state index >= 15 is 0 Å². The van der Waals surface area contributed by atoms with E-state index < -0.39 is 6.08 Å². The van der Waals surface area contributed by atoms with Crippen LogP contribution in [0.1, 0.15) is 36.5 Å². The molecule has 0 N–H and O–H groups in total. The maximum Gasteiger partial charge on any atom is 0.305 e. The summed E-state index contributed by atoms with van der Waals surface area (Å²) in [7, 11) is 0. The monoisotopic (exact) mass is 330 g/mol. The Bertz CT molecular complexity index is 764. The number of halogens is 3. The third kappa shape index (κ3) is 5.51. The van der Waals surface area contributed by atoms with E-state index in [-0.39, 0.29) is 11.6 Å². The molecule has 24 heavy (non-hydrogen) atoms. The fourth-order valence-corrected chi connectivity index (χ4v) is 2.07. The Kier molecular flexibility index (Phi) is 6.51. The Balaban J connectivity index is 2.07. The highest BCUT2D eigenvalue weighted by Crippen LogP contribution is 2.14. The molecule has 0 saturated heterocycles. The molecule has 2 rings (SSSR count). The van der Waals surface area contributed by atoms with Gasteiger partial charge in [0.15, 0.2) is 6.26 Å². The molecule has 0 aliphatic heterocycles. The van der Waals surface area contributed by atoms with Gasteiger partial charge in [0.2, 0.25) is 0 Å². The SMILES string of the molecule is CCCCc1ccc(C#Cc2ccc(OC=C(F)F)cc2)c(F)c1. The normalized spacial score (nSPS) is 9.83. The van der Waals surface area contributed by atoms with Crippen LogP contribution in [0, 0.1) is 17.7 Å². The maximum atomic E-state index is 14.0. The minimum atomic E-state index is -1.91. The molecule has 0 spiro atoms. The molecule has 0 heterocycles. The van der Waals surface area contributed by atoms with Crippen molar-refractivity contribution < 1.29 is 17.9 Å². The predicted octanol–water partition coefficient (Wildman–Crippen LogP) is 5.68. The molecule has 4 heteroatoms. The standard InChI is InChI=1S/C20H17F3O/c1-2-3-4-16-6-10-17(19(21)13-16)9-5-15-7-11-18(12-8-15)24-14-20(22)23/h6-8,10-14H,2-4H2,1H3.